The SMILES string of the molecule is CCn1cc(Br)cc1C(=O)Nc1cnn(CC(=O)OC)c1. The molecule has 0 atom stereocenters. The second kappa shape index (κ2) is 6.57. The topological polar surface area (TPSA) is 78.2 Å². The summed E-state index contributed by atoms with van der Waals surface area (Å²) in [6, 6.07) is 1.75. The van der Waals surface area contributed by atoms with Gasteiger partial charge in [0, 0.05) is 23.4 Å². The molecule has 2 aromatic heterocycles. The number of methoxy groups -OCH3 is 1. The summed E-state index contributed by atoms with van der Waals surface area (Å²) in [5.74, 6) is -0.639. The Bertz CT molecular complexity index is 662. The Morgan fingerprint density at radius 1 is 1.43 bits per heavy atom. The summed E-state index contributed by atoms with van der Waals surface area (Å²) in [6.07, 6.45) is 4.90. The van der Waals surface area contributed by atoms with E-state index in [0.717, 1.165) is 4.47 Å². The molecule has 0 saturated heterocycles. The third-order valence-electron chi connectivity index (χ3n) is 2.85. The van der Waals surface area contributed by atoms with E-state index in [4.69, 9.17) is 0 Å². The number of rotatable bonds is 5. The molecule has 2 aromatic rings. The molecule has 21 heavy (non-hydrogen) atoms. The van der Waals surface area contributed by atoms with Gasteiger partial charge in [0.1, 0.15) is 12.2 Å². The first-order valence-corrected chi connectivity index (χ1v) is 7.09. The molecular formula is C13H15BrN4O3. The van der Waals surface area contributed by atoms with Gasteiger partial charge in [0.05, 0.1) is 19.0 Å². The summed E-state index contributed by atoms with van der Waals surface area (Å²) in [4.78, 5) is 23.4. The molecule has 8 heteroatoms. The number of aryl methyl sites for hydroxylation is 1. The summed E-state index contributed by atoms with van der Waals surface area (Å²) >= 11 is 3.35. The second-order valence-electron chi connectivity index (χ2n) is 4.29. The molecular weight excluding hydrogens is 340 g/mol. The van der Waals surface area contributed by atoms with Crippen LogP contribution in [0.4, 0.5) is 5.69 Å². The first-order valence-electron chi connectivity index (χ1n) is 6.29. The van der Waals surface area contributed by atoms with Crippen molar-refractivity contribution in [3.63, 3.8) is 0 Å². The van der Waals surface area contributed by atoms with Gasteiger partial charge in [0.2, 0.25) is 0 Å². The Morgan fingerprint density at radius 2 is 2.19 bits per heavy atom. The highest BCUT2D eigenvalue weighted by molar-refractivity contribution is 9.10. The lowest BCUT2D eigenvalue weighted by Crippen LogP contribution is -2.16. The van der Waals surface area contributed by atoms with Crippen LogP contribution in [0.3, 0.4) is 0 Å². The third-order valence-corrected chi connectivity index (χ3v) is 3.28. The zero-order valence-corrected chi connectivity index (χ0v) is 13.3. The van der Waals surface area contributed by atoms with Gasteiger partial charge in [-0.1, -0.05) is 0 Å². The molecule has 0 aliphatic heterocycles. The van der Waals surface area contributed by atoms with Crippen molar-refractivity contribution >= 4 is 33.5 Å². The van der Waals surface area contributed by atoms with Gasteiger partial charge in [-0.25, -0.2) is 0 Å². The molecule has 1 N–H and O–H groups in total. The maximum absolute atomic E-state index is 12.2. The molecule has 0 unspecified atom stereocenters. The number of hydrogen-bond donors (Lipinski definition) is 1. The Labute approximate surface area is 130 Å². The van der Waals surface area contributed by atoms with E-state index in [2.05, 4.69) is 31.1 Å². The van der Waals surface area contributed by atoms with Gasteiger partial charge in [-0.05, 0) is 28.9 Å². The van der Waals surface area contributed by atoms with Crippen LogP contribution in [0.25, 0.3) is 0 Å². The Hall–Kier alpha value is -2.09. The highest BCUT2D eigenvalue weighted by Crippen LogP contribution is 2.16. The van der Waals surface area contributed by atoms with Gasteiger partial charge in [-0.15, -0.1) is 0 Å². The number of nitrogens with zero attached hydrogens (tertiary/aromatic N) is 3. The van der Waals surface area contributed by atoms with E-state index in [9.17, 15) is 9.59 Å². The normalized spacial score (nSPS) is 10.4. The lowest BCUT2D eigenvalue weighted by Gasteiger charge is -2.05. The highest BCUT2D eigenvalue weighted by Gasteiger charge is 2.13. The van der Waals surface area contributed by atoms with Crippen molar-refractivity contribution in [2.75, 3.05) is 12.4 Å². The molecule has 0 saturated carbocycles. The molecule has 0 bridgehead atoms. The van der Waals surface area contributed by atoms with Crippen LogP contribution < -0.4 is 5.32 Å². The van der Waals surface area contributed by atoms with Gasteiger partial charge in [-0.3, -0.25) is 14.3 Å². The van der Waals surface area contributed by atoms with Gasteiger partial charge in [0.25, 0.3) is 5.91 Å². The molecule has 112 valence electrons. The molecule has 0 spiro atoms. The van der Waals surface area contributed by atoms with Crippen LogP contribution in [-0.2, 0) is 22.6 Å². The minimum atomic E-state index is -0.403. The number of esters is 1. The second-order valence-corrected chi connectivity index (χ2v) is 5.20. The van der Waals surface area contributed by atoms with Crippen LogP contribution >= 0.6 is 15.9 Å². The maximum atomic E-state index is 12.2. The van der Waals surface area contributed by atoms with E-state index in [0.29, 0.717) is 17.9 Å². The predicted molar refractivity (Wildman–Crippen MR) is 80.0 cm³/mol. The van der Waals surface area contributed by atoms with Crippen LogP contribution in [0.2, 0.25) is 0 Å². The summed E-state index contributed by atoms with van der Waals surface area (Å²) in [7, 11) is 1.31. The Kier molecular flexibility index (Phi) is 4.79. The van der Waals surface area contributed by atoms with Gasteiger partial charge >= 0.3 is 5.97 Å². The smallest absolute Gasteiger partial charge is 0.327 e. The fourth-order valence-electron chi connectivity index (χ4n) is 1.83. The molecule has 0 aromatic carbocycles. The van der Waals surface area contributed by atoms with E-state index in [-0.39, 0.29) is 12.5 Å². The Morgan fingerprint density at radius 3 is 2.86 bits per heavy atom. The first kappa shape index (κ1) is 15.3. The van der Waals surface area contributed by atoms with Crippen molar-refractivity contribution in [2.24, 2.45) is 0 Å². The summed E-state index contributed by atoms with van der Waals surface area (Å²) in [6.45, 7) is 2.65. The average Bonchev–Trinajstić information content (AvgIpc) is 3.05. The fraction of sp³-hybridized carbons (Fsp3) is 0.308. The van der Waals surface area contributed by atoms with Crippen molar-refractivity contribution < 1.29 is 14.3 Å². The zero-order chi connectivity index (χ0) is 15.4. The van der Waals surface area contributed by atoms with Crippen molar-refractivity contribution in [2.45, 2.75) is 20.0 Å². The van der Waals surface area contributed by atoms with Crippen LogP contribution in [-0.4, -0.2) is 33.3 Å². The standard InChI is InChI=1S/C13H15BrN4O3/c1-3-17-6-9(14)4-11(17)13(20)16-10-5-15-18(7-10)8-12(19)21-2/h4-7H,3,8H2,1-2H3,(H,16,20). The molecule has 7 nitrogen and oxygen atoms in total. The Balaban J connectivity index is 2.07. The molecule has 1 amide bonds. The number of halogens is 1. The molecule has 2 rings (SSSR count). The minimum Gasteiger partial charge on any atom is -0.468 e. The number of hydrogen-bond acceptors (Lipinski definition) is 4. The molecule has 0 aliphatic carbocycles. The first-order chi connectivity index (χ1) is 10.0. The number of ether oxygens (including phenoxy) is 1. The van der Waals surface area contributed by atoms with Crippen molar-refractivity contribution in [3.8, 4) is 0 Å². The van der Waals surface area contributed by atoms with E-state index >= 15 is 0 Å². The monoisotopic (exact) mass is 354 g/mol. The molecule has 0 radical (unpaired) electrons. The summed E-state index contributed by atoms with van der Waals surface area (Å²) in [5.41, 5.74) is 1.06. The fourth-order valence-corrected chi connectivity index (χ4v) is 2.30. The van der Waals surface area contributed by atoms with Crippen LogP contribution in [0, 0.1) is 0 Å². The van der Waals surface area contributed by atoms with Crippen molar-refractivity contribution in [1.82, 2.24) is 14.3 Å². The third kappa shape index (κ3) is 3.72. The highest BCUT2D eigenvalue weighted by atomic mass is 79.9. The quantitative estimate of drug-likeness (QED) is 0.831. The van der Waals surface area contributed by atoms with Crippen LogP contribution in [0.5, 0.6) is 0 Å². The number of carbonyl (C=O) groups is 2. The minimum absolute atomic E-state index is 0.00323. The lowest BCUT2D eigenvalue weighted by molar-refractivity contribution is -0.141. The molecule has 0 fully saturated rings. The zero-order valence-electron chi connectivity index (χ0n) is 11.7. The maximum Gasteiger partial charge on any atom is 0.327 e. The largest absolute Gasteiger partial charge is 0.468 e. The van der Waals surface area contributed by atoms with Crippen molar-refractivity contribution in [1.29, 1.82) is 0 Å². The van der Waals surface area contributed by atoms with E-state index in [1.807, 2.05) is 17.7 Å². The number of anilines is 1. The molecule has 2 heterocycles. The van der Waals surface area contributed by atoms with E-state index in [1.165, 1.54) is 18.0 Å². The van der Waals surface area contributed by atoms with Crippen molar-refractivity contribution in [3.05, 3.63) is 34.8 Å². The van der Waals surface area contributed by atoms with Crippen LogP contribution in [0.15, 0.2) is 29.1 Å². The molecule has 0 aliphatic rings. The number of amides is 1. The summed E-state index contributed by atoms with van der Waals surface area (Å²) in [5, 5.41) is 6.73. The lowest BCUT2D eigenvalue weighted by atomic mass is 10.4. The van der Waals surface area contributed by atoms with Crippen LogP contribution in [0.1, 0.15) is 17.4 Å². The van der Waals surface area contributed by atoms with E-state index in [1.54, 1.807) is 12.3 Å². The van der Waals surface area contributed by atoms with Gasteiger partial charge < -0.3 is 14.6 Å². The number of carbonyl (C=O) groups excluding carboxylic acids is 2. The van der Waals surface area contributed by atoms with E-state index < -0.39 is 5.97 Å². The van der Waals surface area contributed by atoms with Gasteiger partial charge in [0.15, 0.2) is 0 Å². The average molecular weight is 355 g/mol. The van der Waals surface area contributed by atoms with Gasteiger partial charge in [-0.2, -0.15) is 5.10 Å². The summed E-state index contributed by atoms with van der Waals surface area (Å²) < 4.78 is 8.63. The number of aromatic nitrogens is 3. The predicted octanol–water partition coefficient (Wildman–Crippen LogP) is 1.89. The number of nitrogens with one attached hydrogen (secondary N) is 1.